The van der Waals surface area contributed by atoms with Crippen molar-refractivity contribution in [2.24, 2.45) is 5.73 Å². The van der Waals surface area contributed by atoms with Gasteiger partial charge in [0.15, 0.2) is 0 Å². The standard InChI is InChI=1S/C13H18N2S2/c1-9-7-11(3-4-12(9)13(14)16)15-5-6-17-8-10(15)2/h3-4,7,10H,5-6,8H2,1-2H3,(H2,14,16). The largest absolute Gasteiger partial charge is 0.389 e. The van der Waals surface area contributed by atoms with E-state index in [4.69, 9.17) is 18.0 Å². The van der Waals surface area contributed by atoms with Crippen LogP contribution in [0.2, 0.25) is 0 Å². The molecular formula is C13H18N2S2. The number of anilines is 1. The van der Waals surface area contributed by atoms with E-state index in [0.717, 1.165) is 12.1 Å². The van der Waals surface area contributed by atoms with E-state index < -0.39 is 0 Å². The van der Waals surface area contributed by atoms with Crippen LogP contribution in [0.5, 0.6) is 0 Å². The lowest BCUT2D eigenvalue weighted by molar-refractivity contribution is 0.700. The predicted octanol–water partition coefficient (Wildman–Crippen LogP) is 2.57. The summed E-state index contributed by atoms with van der Waals surface area (Å²) in [5, 5.41) is 0. The topological polar surface area (TPSA) is 29.3 Å². The van der Waals surface area contributed by atoms with E-state index >= 15 is 0 Å². The molecule has 2 nitrogen and oxygen atoms in total. The molecule has 17 heavy (non-hydrogen) atoms. The summed E-state index contributed by atoms with van der Waals surface area (Å²) in [4.78, 5) is 2.95. The van der Waals surface area contributed by atoms with Gasteiger partial charge in [-0.25, -0.2) is 0 Å². The molecule has 0 bridgehead atoms. The molecule has 0 spiro atoms. The second-order valence-corrected chi connectivity index (χ2v) is 6.07. The van der Waals surface area contributed by atoms with Crippen molar-refractivity contribution in [1.82, 2.24) is 0 Å². The maximum absolute atomic E-state index is 5.68. The molecule has 1 aromatic rings. The number of nitrogens with two attached hydrogens (primary N) is 1. The molecule has 1 aromatic carbocycles. The van der Waals surface area contributed by atoms with Crippen molar-refractivity contribution in [2.45, 2.75) is 19.9 Å². The SMILES string of the molecule is Cc1cc(N2CCSCC2C)ccc1C(N)=S. The van der Waals surface area contributed by atoms with Gasteiger partial charge in [-0.3, -0.25) is 0 Å². The predicted molar refractivity (Wildman–Crippen MR) is 81.2 cm³/mol. The zero-order valence-corrected chi connectivity index (χ0v) is 11.9. The summed E-state index contributed by atoms with van der Waals surface area (Å²) in [7, 11) is 0. The van der Waals surface area contributed by atoms with E-state index in [1.54, 1.807) is 0 Å². The summed E-state index contributed by atoms with van der Waals surface area (Å²) >= 11 is 7.06. The van der Waals surface area contributed by atoms with Crippen LogP contribution >= 0.6 is 24.0 Å². The Morgan fingerprint density at radius 1 is 1.53 bits per heavy atom. The summed E-state index contributed by atoms with van der Waals surface area (Å²) in [6, 6.07) is 6.97. The molecule has 2 rings (SSSR count). The summed E-state index contributed by atoms with van der Waals surface area (Å²) in [6.07, 6.45) is 0. The van der Waals surface area contributed by atoms with E-state index in [9.17, 15) is 0 Å². The van der Waals surface area contributed by atoms with Gasteiger partial charge in [-0.2, -0.15) is 11.8 Å². The molecule has 2 N–H and O–H groups in total. The molecule has 0 aliphatic carbocycles. The van der Waals surface area contributed by atoms with Crippen molar-refractivity contribution in [3.63, 3.8) is 0 Å². The van der Waals surface area contributed by atoms with E-state index in [1.807, 2.05) is 17.8 Å². The van der Waals surface area contributed by atoms with Crippen LogP contribution in [-0.2, 0) is 0 Å². The Balaban J connectivity index is 2.27. The van der Waals surface area contributed by atoms with Gasteiger partial charge in [0, 0.05) is 35.3 Å². The number of rotatable bonds is 2. The molecule has 1 saturated heterocycles. The highest BCUT2D eigenvalue weighted by Gasteiger charge is 2.19. The van der Waals surface area contributed by atoms with Crippen LogP contribution < -0.4 is 10.6 Å². The van der Waals surface area contributed by atoms with Crippen molar-refractivity contribution in [3.8, 4) is 0 Å². The second-order valence-electron chi connectivity index (χ2n) is 4.48. The molecule has 92 valence electrons. The number of aryl methyl sites for hydroxylation is 1. The summed E-state index contributed by atoms with van der Waals surface area (Å²) in [5.74, 6) is 2.41. The van der Waals surface area contributed by atoms with Gasteiger partial charge in [0.05, 0.1) is 0 Å². The van der Waals surface area contributed by atoms with Crippen molar-refractivity contribution in [2.75, 3.05) is 23.0 Å². The quantitative estimate of drug-likeness (QED) is 0.833. The van der Waals surface area contributed by atoms with E-state index in [2.05, 4.69) is 30.9 Å². The number of thioether (sulfide) groups is 1. The molecular weight excluding hydrogens is 248 g/mol. The van der Waals surface area contributed by atoms with Gasteiger partial charge in [-0.15, -0.1) is 0 Å². The first-order chi connectivity index (χ1) is 8.09. The fourth-order valence-corrected chi connectivity index (χ4v) is 3.46. The minimum Gasteiger partial charge on any atom is -0.389 e. The molecule has 1 aliphatic heterocycles. The van der Waals surface area contributed by atoms with Gasteiger partial charge in [-0.05, 0) is 37.6 Å². The lowest BCUT2D eigenvalue weighted by Gasteiger charge is -2.35. The summed E-state index contributed by atoms with van der Waals surface area (Å²) in [5.41, 5.74) is 9.13. The maximum Gasteiger partial charge on any atom is 0.104 e. The van der Waals surface area contributed by atoms with Crippen LogP contribution in [0.1, 0.15) is 18.1 Å². The molecule has 4 heteroatoms. The first-order valence-electron chi connectivity index (χ1n) is 5.84. The number of hydrogen-bond donors (Lipinski definition) is 1. The second kappa shape index (κ2) is 5.27. The number of hydrogen-bond acceptors (Lipinski definition) is 3. The van der Waals surface area contributed by atoms with Crippen LogP contribution in [0.15, 0.2) is 18.2 Å². The highest BCUT2D eigenvalue weighted by Crippen LogP contribution is 2.25. The maximum atomic E-state index is 5.68. The number of nitrogens with zero attached hydrogens (tertiary/aromatic N) is 1. The van der Waals surface area contributed by atoms with Crippen molar-refractivity contribution >= 4 is 34.7 Å². The smallest absolute Gasteiger partial charge is 0.104 e. The van der Waals surface area contributed by atoms with Gasteiger partial charge in [0.25, 0.3) is 0 Å². The van der Waals surface area contributed by atoms with Gasteiger partial charge >= 0.3 is 0 Å². The average molecular weight is 266 g/mol. The summed E-state index contributed by atoms with van der Waals surface area (Å²) in [6.45, 7) is 5.47. The first kappa shape index (κ1) is 12.7. The molecule has 1 heterocycles. The van der Waals surface area contributed by atoms with E-state index in [1.165, 1.54) is 22.8 Å². The molecule has 0 saturated carbocycles. The normalized spacial score (nSPS) is 20.4. The Hall–Kier alpha value is -0.740. The zero-order valence-electron chi connectivity index (χ0n) is 10.3. The van der Waals surface area contributed by atoms with Crippen LogP contribution in [-0.4, -0.2) is 29.1 Å². The van der Waals surface area contributed by atoms with Crippen LogP contribution in [0.25, 0.3) is 0 Å². The Morgan fingerprint density at radius 2 is 2.29 bits per heavy atom. The van der Waals surface area contributed by atoms with E-state index in [0.29, 0.717) is 11.0 Å². The Bertz CT molecular complexity index is 431. The zero-order chi connectivity index (χ0) is 12.4. The van der Waals surface area contributed by atoms with Gasteiger partial charge in [-0.1, -0.05) is 12.2 Å². The molecule has 0 radical (unpaired) electrons. The fourth-order valence-electron chi connectivity index (χ4n) is 2.21. The van der Waals surface area contributed by atoms with Crippen LogP contribution in [0.3, 0.4) is 0 Å². The lowest BCUT2D eigenvalue weighted by Crippen LogP contribution is -2.40. The minimum atomic E-state index is 0.483. The Morgan fingerprint density at radius 3 is 2.88 bits per heavy atom. The lowest BCUT2D eigenvalue weighted by atomic mass is 10.1. The number of benzene rings is 1. The molecule has 1 aliphatic rings. The van der Waals surface area contributed by atoms with Crippen LogP contribution in [0, 0.1) is 6.92 Å². The Labute approximate surface area is 113 Å². The van der Waals surface area contributed by atoms with Crippen LogP contribution in [0.4, 0.5) is 5.69 Å². The molecule has 1 fully saturated rings. The van der Waals surface area contributed by atoms with Crippen molar-refractivity contribution < 1.29 is 0 Å². The third-order valence-electron chi connectivity index (χ3n) is 3.17. The first-order valence-corrected chi connectivity index (χ1v) is 7.40. The highest BCUT2D eigenvalue weighted by molar-refractivity contribution is 7.99. The monoisotopic (exact) mass is 266 g/mol. The fraction of sp³-hybridized carbons (Fsp3) is 0.462. The Kier molecular flexibility index (Phi) is 3.94. The summed E-state index contributed by atoms with van der Waals surface area (Å²) < 4.78 is 0. The van der Waals surface area contributed by atoms with E-state index in [-0.39, 0.29) is 0 Å². The number of thiocarbonyl (C=S) groups is 1. The highest BCUT2D eigenvalue weighted by atomic mass is 32.2. The molecule has 1 atom stereocenters. The average Bonchev–Trinajstić information content (AvgIpc) is 2.29. The van der Waals surface area contributed by atoms with Gasteiger partial charge < -0.3 is 10.6 Å². The van der Waals surface area contributed by atoms with Crippen molar-refractivity contribution in [1.29, 1.82) is 0 Å². The molecule has 1 unspecified atom stereocenters. The van der Waals surface area contributed by atoms with Gasteiger partial charge in [0.2, 0.25) is 0 Å². The minimum absolute atomic E-state index is 0.483. The third-order valence-corrected chi connectivity index (χ3v) is 4.58. The third kappa shape index (κ3) is 2.75. The molecule has 0 amide bonds. The van der Waals surface area contributed by atoms with Gasteiger partial charge in [0.1, 0.15) is 4.99 Å². The van der Waals surface area contributed by atoms with Crippen molar-refractivity contribution in [3.05, 3.63) is 29.3 Å². The molecule has 0 aromatic heterocycles.